The van der Waals surface area contributed by atoms with Crippen LogP contribution in [0.2, 0.25) is 5.02 Å². The molecule has 0 saturated heterocycles. The van der Waals surface area contributed by atoms with Crippen LogP contribution in [0.15, 0.2) is 36.5 Å². The molecule has 2 N–H and O–H groups in total. The van der Waals surface area contributed by atoms with E-state index < -0.39 is 12.2 Å². The number of rotatable bonds is 4. The van der Waals surface area contributed by atoms with E-state index in [4.69, 9.17) is 11.6 Å². The highest BCUT2D eigenvalue weighted by Gasteiger charge is 2.39. The number of fused-ring (bicyclic) bond motifs is 1. The molecule has 0 fully saturated rings. The van der Waals surface area contributed by atoms with Crippen molar-refractivity contribution in [3.8, 4) is 0 Å². The van der Waals surface area contributed by atoms with Gasteiger partial charge in [0.2, 0.25) is 0 Å². The average Bonchev–Trinajstić information content (AvgIpc) is 2.89. The Morgan fingerprint density at radius 1 is 1.17 bits per heavy atom. The van der Waals surface area contributed by atoms with E-state index in [0.717, 1.165) is 12.8 Å². The summed E-state index contributed by atoms with van der Waals surface area (Å²) in [7, 11) is 1.28. The third-order valence-electron chi connectivity index (χ3n) is 4.19. The van der Waals surface area contributed by atoms with E-state index in [1.807, 2.05) is 18.2 Å². The molecule has 128 valence electrons. The SMILES string of the molecule is CNC(c1ccc(NC2Cc3ccc(Cl)cc3C2)nc1)C(F)(F)F. The van der Waals surface area contributed by atoms with Gasteiger partial charge < -0.3 is 10.6 Å². The lowest BCUT2D eigenvalue weighted by Crippen LogP contribution is -2.31. The van der Waals surface area contributed by atoms with Crippen LogP contribution in [0.25, 0.3) is 0 Å². The van der Waals surface area contributed by atoms with E-state index in [2.05, 4.69) is 15.6 Å². The van der Waals surface area contributed by atoms with Gasteiger partial charge in [-0.25, -0.2) is 4.98 Å². The maximum Gasteiger partial charge on any atom is 0.407 e. The molecule has 2 unspecified atom stereocenters. The predicted octanol–water partition coefficient (Wildman–Crippen LogP) is 4.14. The number of hydrogen-bond donors (Lipinski definition) is 2. The lowest BCUT2D eigenvalue weighted by molar-refractivity contribution is -0.156. The summed E-state index contributed by atoms with van der Waals surface area (Å²) >= 11 is 6.00. The van der Waals surface area contributed by atoms with Gasteiger partial charge >= 0.3 is 6.18 Å². The van der Waals surface area contributed by atoms with Gasteiger partial charge in [0.15, 0.2) is 0 Å². The summed E-state index contributed by atoms with van der Waals surface area (Å²) in [5, 5.41) is 6.25. The zero-order valence-corrected chi connectivity index (χ0v) is 13.7. The highest BCUT2D eigenvalue weighted by atomic mass is 35.5. The van der Waals surface area contributed by atoms with Crippen LogP contribution >= 0.6 is 11.6 Å². The molecule has 0 radical (unpaired) electrons. The standard InChI is InChI=1S/C17H17ClF3N3/c1-22-16(17(19,20)21)11-3-5-15(23-9-11)24-14-7-10-2-4-13(18)6-12(10)8-14/h2-6,9,14,16,22H,7-8H2,1H3,(H,23,24). The number of anilines is 1. The molecule has 3 nitrogen and oxygen atoms in total. The molecular formula is C17H17ClF3N3. The summed E-state index contributed by atoms with van der Waals surface area (Å²) in [6.45, 7) is 0. The second-order valence-electron chi connectivity index (χ2n) is 5.90. The maximum atomic E-state index is 12.9. The summed E-state index contributed by atoms with van der Waals surface area (Å²) in [6.07, 6.45) is -1.42. The van der Waals surface area contributed by atoms with Crippen molar-refractivity contribution < 1.29 is 13.2 Å². The van der Waals surface area contributed by atoms with E-state index in [9.17, 15) is 13.2 Å². The first-order valence-corrected chi connectivity index (χ1v) is 7.98. The van der Waals surface area contributed by atoms with E-state index in [1.165, 1.54) is 30.4 Å². The molecule has 3 rings (SSSR count). The van der Waals surface area contributed by atoms with Crippen LogP contribution in [0, 0.1) is 0 Å². The topological polar surface area (TPSA) is 37.0 Å². The van der Waals surface area contributed by atoms with Crippen molar-refractivity contribution in [1.82, 2.24) is 10.3 Å². The highest BCUT2D eigenvalue weighted by molar-refractivity contribution is 6.30. The summed E-state index contributed by atoms with van der Waals surface area (Å²) in [6, 6.07) is 7.32. The minimum atomic E-state index is -4.35. The molecule has 0 spiro atoms. The summed E-state index contributed by atoms with van der Waals surface area (Å²) in [5.41, 5.74) is 2.53. The Balaban J connectivity index is 1.67. The van der Waals surface area contributed by atoms with Gasteiger partial charge in [-0.15, -0.1) is 0 Å². The Labute approximate surface area is 143 Å². The van der Waals surface area contributed by atoms with Crippen LogP contribution in [0.1, 0.15) is 22.7 Å². The first kappa shape index (κ1) is 17.0. The van der Waals surface area contributed by atoms with Crippen molar-refractivity contribution in [2.45, 2.75) is 31.1 Å². The zero-order chi connectivity index (χ0) is 17.3. The average molecular weight is 356 g/mol. The number of benzene rings is 1. The fourth-order valence-electron chi connectivity index (χ4n) is 3.08. The molecule has 0 saturated carbocycles. The molecule has 2 atom stereocenters. The van der Waals surface area contributed by atoms with E-state index in [0.29, 0.717) is 10.8 Å². The number of pyridine rings is 1. The highest BCUT2D eigenvalue weighted by Crippen LogP contribution is 2.32. The van der Waals surface area contributed by atoms with Crippen LogP contribution in [-0.2, 0) is 12.8 Å². The Bertz CT molecular complexity index is 716. The third-order valence-corrected chi connectivity index (χ3v) is 4.42. The molecule has 1 aromatic carbocycles. The lowest BCUT2D eigenvalue weighted by atomic mass is 10.1. The second-order valence-corrected chi connectivity index (χ2v) is 6.34. The second kappa shape index (κ2) is 6.61. The van der Waals surface area contributed by atoms with Crippen LogP contribution < -0.4 is 10.6 Å². The molecule has 7 heteroatoms. The lowest BCUT2D eigenvalue weighted by Gasteiger charge is -2.20. The van der Waals surface area contributed by atoms with Gasteiger partial charge in [0.25, 0.3) is 0 Å². The largest absolute Gasteiger partial charge is 0.407 e. The molecule has 24 heavy (non-hydrogen) atoms. The monoisotopic (exact) mass is 355 g/mol. The smallest absolute Gasteiger partial charge is 0.367 e. The molecule has 0 bridgehead atoms. The Morgan fingerprint density at radius 3 is 2.54 bits per heavy atom. The molecule has 1 aromatic heterocycles. The first-order chi connectivity index (χ1) is 11.4. The Kier molecular flexibility index (Phi) is 4.69. The van der Waals surface area contributed by atoms with Crippen LogP contribution in [0.3, 0.4) is 0 Å². The van der Waals surface area contributed by atoms with E-state index in [-0.39, 0.29) is 11.6 Å². The Hall–Kier alpha value is -1.79. The molecular weight excluding hydrogens is 339 g/mol. The van der Waals surface area contributed by atoms with Crippen molar-refractivity contribution in [2.75, 3.05) is 12.4 Å². The maximum absolute atomic E-state index is 12.9. The van der Waals surface area contributed by atoms with Gasteiger partial charge in [0.1, 0.15) is 11.9 Å². The van der Waals surface area contributed by atoms with E-state index in [1.54, 1.807) is 6.07 Å². The van der Waals surface area contributed by atoms with Crippen molar-refractivity contribution in [3.63, 3.8) is 0 Å². The molecule has 2 aromatic rings. The number of hydrogen-bond acceptors (Lipinski definition) is 3. The van der Waals surface area contributed by atoms with Gasteiger partial charge in [0.05, 0.1) is 0 Å². The number of nitrogens with one attached hydrogen (secondary N) is 2. The number of aromatic nitrogens is 1. The van der Waals surface area contributed by atoms with Crippen molar-refractivity contribution in [2.24, 2.45) is 0 Å². The van der Waals surface area contributed by atoms with Gasteiger partial charge in [-0.3, -0.25) is 0 Å². The molecule has 1 aliphatic carbocycles. The molecule has 1 heterocycles. The van der Waals surface area contributed by atoms with Crippen LogP contribution in [0.5, 0.6) is 0 Å². The first-order valence-electron chi connectivity index (χ1n) is 7.60. The van der Waals surface area contributed by atoms with Gasteiger partial charge in [-0.05, 0) is 54.8 Å². The van der Waals surface area contributed by atoms with Crippen LogP contribution in [-0.4, -0.2) is 24.2 Å². The number of nitrogens with zero attached hydrogens (tertiary/aromatic N) is 1. The predicted molar refractivity (Wildman–Crippen MR) is 88.4 cm³/mol. The molecule has 0 aliphatic heterocycles. The number of halogens is 4. The van der Waals surface area contributed by atoms with Crippen molar-refractivity contribution in [1.29, 1.82) is 0 Å². The van der Waals surface area contributed by atoms with Crippen molar-refractivity contribution >= 4 is 17.4 Å². The number of alkyl halides is 3. The van der Waals surface area contributed by atoms with Gasteiger partial charge in [-0.1, -0.05) is 23.7 Å². The summed E-state index contributed by atoms with van der Waals surface area (Å²) < 4.78 is 38.7. The Morgan fingerprint density at radius 2 is 1.92 bits per heavy atom. The van der Waals surface area contributed by atoms with E-state index >= 15 is 0 Å². The summed E-state index contributed by atoms with van der Waals surface area (Å²) in [4.78, 5) is 4.13. The third kappa shape index (κ3) is 3.65. The summed E-state index contributed by atoms with van der Waals surface area (Å²) in [5.74, 6) is 0.569. The normalized spacial score (nSPS) is 18.3. The quantitative estimate of drug-likeness (QED) is 0.865. The van der Waals surface area contributed by atoms with Crippen LogP contribution in [0.4, 0.5) is 19.0 Å². The van der Waals surface area contributed by atoms with Gasteiger partial charge in [-0.2, -0.15) is 13.2 Å². The fraction of sp³-hybridized carbons (Fsp3) is 0.353. The minimum Gasteiger partial charge on any atom is -0.367 e. The minimum absolute atomic E-state index is 0.0945. The molecule has 0 amide bonds. The van der Waals surface area contributed by atoms with Crippen molar-refractivity contribution in [3.05, 3.63) is 58.2 Å². The molecule has 1 aliphatic rings. The van der Waals surface area contributed by atoms with Gasteiger partial charge in [0, 0.05) is 17.3 Å². The fourth-order valence-corrected chi connectivity index (χ4v) is 3.27. The zero-order valence-electron chi connectivity index (χ0n) is 13.0.